The van der Waals surface area contributed by atoms with E-state index in [0.29, 0.717) is 6.04 Å². The Balaban J connectivity index is 0.00000121. The van der Waals surface area contributed by atoms with Crippen molar-refractivity contribution in [2.75, 3.05) is 6.54 Å². The van der Waals surface area contributed by atoms with Crippen molar-refractivity contribution in [1.82, 2.24) is 9.88 Å². The highest BCUT2D eigenvalue weighted by Gasteiger charge is 2.26. The second kappa shape index (κ2) is 8.89. The van der Waals surface area contributed by atoms with Gasteiger partial charge in [-0.3, -0.25) is 4.90 Å². The molecule has 0 bridgehead atoms. The standard InChI is InChI=1S/C15H21N3OS.2ClH/c1-11(16)13-5-2-3-7-18(13)9-12-10-19-15(17-12)14-6-4-8-20-14;;/h4,6,8,10-11,13H,2-3,5,7,9,16H2,1H3;2*1H. The lowest BCUT2D eigenvalue weighted by Gasteiger charge is -2.37. The molecule has 1 aliphatic heterocycles. The molecule has 124 valence electrons. The van der Waals surface area contributed by atoms with E-state index in [4.69, 9.17) is 10.2 Å². The van der Waals surface area contributed by atoms with Crippen LogP contribution in [0.5, 0.6) is 0 Å². The maximum Gasteiger partial charge on any atom is 0.236 e. The number of hydrogen-bond donors (Lipinski definition) is 1. The average Bonchev–Trinajstić information content (AvgIpc) is 3.09. The molecule has 1 saturated heterocycles. The third-order valence-corrected chi connectivity index (χ3v) is 4.78. The van der Waals surface area contributed by atoms with Gasteiger partial charge in [-0.05, 0) is 37.8 Å². The number of nitrogens with zero attached hydrogens (tertiary/aromatic N) is 2. The van der Waals surface area contributed by atoms with Crippen LogP contribution in [-0.2, 0) is 6.54 Å². The van der Waals surface area contributed by atoms with Gasteiger partial charge in [-0.15, -0.1) is 36.2 Å². The quantitative estimate of drug-likeness (QED) is 0.893. The van der Waals surface area contributed by atoms with E-state index in [1.807, 2.05) is 17.5 Å². The summed E-state index contributed by atoms with van der Waals surface area (Å²) >= 11 is 1.65. The molecular formula is C15H23Cl2N3OS. The summed E-state index contributed by atoms with van der Waals surface area (Å²) in [6.45, 7) is 4.04. The minimum absolute atomic E-state index is 0. The highest BCUT2D eigenvalue weighted by atomic mass is 35.5. The van der Waals surface area contributed by atoms with Crippen molar-refractivity contribution in [3.63, 3.8) is 0 Å². The van der Waals surface area contributed by atoms with Crippen molar-refractivity contribution in [2.24, 2.45) is 5.73 Å². The highest BCUT2D eigenvalue weighted by molar-refractivity contribution is 7.13. The van der Waals surface area contributed by atoms with Crippen LogP contribution in [0, 0.1) is 0 Å². The summed E-state index contributed by atoms with van der Waals surface area (Å²) in [5, 5.41) is 2.04. The molecule has 3 rings (SSSR count). The van der Waals surface area contributed by atoms with Crippen LogP contribution < -0.4 is 5.73 Å². The Hall–Kier alpha value is -0.590. The zero-order valence-electron chi connectivity index (χ0n) is 12.6. The smallest absolute Gasteiger partial charge is 0.236 e. The van der Waals surface area contributed by atoms with Crippen molar-refractivity contribution in [1.29, 1.82) is 0 Å². The van der Waals surface area contributed by atoms with E-state index >= 15 is 0 Å². The van der Waals surface area contributed by atoms with Gasteiger partial charge in [-0.25, -0.2) is 4.98 Å². The number of aromatic nitrogens is 1. The fraction of sp³-hybridized carbons (Fsp3) is 0.533. The highest BCUT2D eigenvalue weighted by Crippen LogP contribution is 2.25. The monoisotopic (exact) mass is 363 g/mol. The van der Waals surface area contributed by atoms with Crippen molar-refractivity contribution in [3.05, 3.63) is 29.5 Å². The maximum atomic E-state index is 6.11. The molecule has 2 unspecified atom stereocenters. The van der Waals surface area contributed by atoms with Crippen LogP contribution in [0.15, 0.2) is 28.2 Å². The number of halogens is 2. The van der Waals surface area contributed by atoms with E-state index in [2.05, 4.69) is 16.8 Å². The lowest BCUT2D eigenvalue weighted by atomic mass is 9.97. The summed E-state index contributed by atoms with van der Waals surface area (Å²) in [5.74, 6) is 0.726. The van der Waals surface area contributed by atoms with Gasteiger partial charge in [0.05, 0.1) is 10.6 Å². The second-order valence-corrected chi connectivity index (χ2v) is 6.46. The van der Waals surface area contributed by atoms with Gasteiger partial charge in [0.25, 0.3) is 0 Å². The summed E-state index contributed by atoms with van der Waals surface area (Å²) in [4.78, 5) is 8.13. The van der Waals surface area contributed by atoms with Gasteiger partial charge in [0.2, 0.25) is 5.89 Å². The third-order valence-electron chi connectivity index (χ3n) is 3.92. The van der Waals surface area contributed by atoms with Crippen LogP contribution in [-0.4, -0.2) is 28.5 Å². The van der Waals surface area contributed by atoms with E-state index in [0.717, 1.165) is 29.6 Å². The molecular weight excluding hydrogens is 341 g/mol. The first-order valence-corrected chi connectivity index (χ1v) is 8.10. The number of hydrogen-bond acceptors (Lipinski definition) is 5. The SMILES string of the molecule is CC(N)C1CCCCN1Cc1coc(-c2cccs2)n1.Cl.Cl. The molecule has 3 heterocycles. The average molecular weight is 364 g/mol. The molecule has 1 aliphatic rings. The predicted octanol–water partition coefficient (Wildman–Crippen LogP) is 3.95. The molecule has 0 amide bonds. The van der Waals surface area contributed by atoms with Crippen LogP contribution in [0.1, 0.15) is 31.9 Å². The molecule has 2 aromatic heterocycles. The van der Waals surface area contributed by atoms with Crippen LogP contribution in [0.2, 0.25) is 0 Å². The Kier molecular flexibility index (Phi) is 7.86. The second-order valence-electron chi connectivity index (χ2n) is 5.51. The summed E-state index contributed by atoms with van der Waals surface area (Å²) in [7, 11) is 0. The van der Waals surface area contributed by atoms with Crippen LogP contribution in [0.3, 0.4) is 0 Å². The Bertz CT molecular complexity index is 545. The molecule has 0 aromatic carbocycles. The van der Waals surface area contributed by atoms with Gasteiger partial charge in [0, 0.05) is 18.6 Å². The van der Waals surface area contributed by atoms with E-state index in [9.17, 15) is 0 Å². The van der Waals surface area contributed by atoms with Crippen molar-refractivity contribution < 1.29 is 4.42 Å². The Morgan fingerprint density at radius 2 is 2.27 bits per heavy atom. The van der Waals surface area contributed by atoms with Gasteiger partial charge in [0.1, 0.15) is 6.26 Å². The maximum absolute atomic E-state index is 6.11. The molecule has 0 radical (unpaired) electrons. The zero-order chi connectivity index (χ0) is 13.9. The first-order valence-electron chi connectivity index (χ1n) is 7.22. The number of piperidine rings is 1. The third kappa shape index (κ3) is 4.46. The topological polar surface area (TPSA) is 55.3 Å². The molecule has 0 spiro atoms. The van der Waals surface area contributed by atoms with Gasteiger partial charge >= 0.3 is 0 Å². The Labute approximate surface area is 147 Å². The molecule has 22 heavy (non-hydrogen) atoms. The lowest BCUT2D eigenvalue weighted by Crippen LogP contribution is -2.48. The van der Waals surface area contributed by atoms with E-state index < -0.39 is 0 Å². The summed E-state index contributed by atoms with van der Waals surface area (Å²) < 4.78 is 5.59. The molecule has 2 aromatic rings. The van der Waals surface area contributed by atoms with Gasteiger partial charge in [-0.2, -0.15) is 0 Å². The number of likely N-dealkylation sites (tertiary alicyclic amines) is 1. The Morgan fingerprint density at radius 3 is 2.95 bits per heavy atom. The molecule has 0 saturated carbocycles. The van der Waals surface area contributed by atoms with Gasteiger partial charge in [0.15, 0.2) is 0 Å². The molecule has 4 nitrogen and oxygen atoms in total. The minimum Gasteiger partial charge on any atom is -0.444 e. The van der Waals surface area contributed by atoms with E-state index in [-0.39, 0.29) is 30.9 Å². The van der Waals surface area contributed by atoms with Crippen LogP contribution in [0.25, 0.3) is 10.8 Å². The number of thiophene rings is 1. The van der Waals surface area contributed by atoms with Gasteiger partial charge in [-0.1, -0.05) is 12.5 Å². The fourth-order valence-electron chi connectivity index (χ4n) is 2.91. The minimum atomic E-state index is 0. The Morgan fingerprint density at radius 1 is 1.45 bits per heavy atom. The predicted molar refractivity (Wildman–Crippen MR) is 96.0 cm³/mol. The first-order chi connectivity index (χ1) is 9.74. The normalized spacial score (nSPS) is 20.0. The van der Waals surface area contributed by atoms with Crippen molar-refractivity contribution >= 4 is 36.2 Å². The van der Waals surface area contributed by atoms with Crippen LogP contribution in [0.4, 0.5) is 0 Å². The fourth-order valence-corrected chi connectivity index (χ4v) is 3.57. The van der Waals surface area contributed by atoms with E-state index in [1.54, 1.807) is 17.6 Å². The molecule has 7 heteroatoms. The first kappa shape index (κ1) is 19.5. The van der Waals surface area contributed by atoms with E-state index in [1.165, 1.54) is 19.3 Å². The summed E-state index contributed by atoms with van der Waals surface area (Å²) in [6, 6.07) is 4.72. The van der Waals surface area contributed by atoms with Crippen molar-refractivity contribution in [3.8, 4) is 10.8 Å². The summed E-state index contributed by atoms with van der Waals surface area (Å²) in [6.07, 6.45) is 5.50. The molecule has 2 N–H and O–H groups in total. The largest absolute Gasteiger partial charge is 0.444 e. The van der Waals surface area contributed by atoms with Gasteiger partial charge < -0.3 is 10.2 Å². The molecule has 1 fully saturated rings. The molecule has 2 atom stereocenters. The number of oxazole rings is 1. The molecule has 0 aliphatic carbocycles. The lowest BCUT2D eigenvalue weighted by molar-refractivity contribution is 0.121. The van der Waals surface area contributed by atoms with Crippen molar-refractivity contribution in [2.45, 2.75) is 44.8 Å². The summed E-state index contributed by atoms with van der Waals surface area (Å²) in [5.41, 5.74) is 7.11. The van der Waals surface area contributed by atoms with Crippen LogP contribution >= 0.6 is 36.2 Å². The zero-order valence-corrected chi connectivity index (χ0v) is 15.1. The number of nitrogens with two attached hydrogens (primary N) is 1. The number of rotatable bonds is 4.